The van der Waals surface area contributed by atoms with Crippen molar-refractivity contribution < 1.29 is 19.3 Å². The molecule has 1 N–H and O–H groups in total. The van der Waals surface area contributed by atoms with Crippen LogP contribution in [0.4, 0.5) is 0 Å². The number of β-amino-alcohol motifs (C(OH)–C–C–N with tert-alkyl or cyclic N) is 1. The smallest absolute Gasteiger partial charge is 0.161 e. The number of halogens is 1. The molecule has 1 fully saturated rings. The fourth-order valence-electron chi connectivity index (χ4n) is 4.42. The van der Waals surface area contributed by atoms with Crippen LogP contribution in [0.25, 0.3) is 0 Å². The van der Waals surface area contributed by atoms with Crippen molar-refractivity contribution >= 4 is 11.6 Å². The molecule has 1 saturated heterocycles. The minimum Gasteiger partial charge on any atom is -0.493 e. The van der Waals surface area contributed by atoms with Gasteiger partial charge in [0.15, 0.2) is 11.5 Å². The average molecular weight is 500 g/mol. The average Bonchev–Trinajstić information content (AvgIpc) is 3.36. The zero-order chi connectivity index (χ0) is 24.7. The summed E-state index contributed by atoms with van der Waals surface area (Å²) in [5.41, 5.74) is 1.25. The minimum atomic E-state index is -0.927. The molecule has 0 amide bonds. The fraction of sp³-hybridized carbons (Fsp3) is 0.444. The van der Waals surface area contributed by atoms with Crippen molar-refractivity contribution in [1.29, 1.82) is 0 Å². The number of nitrogens with zero attached hydrogens (tertiary/aromatic N) is 3. The highest BCUT2D eigenvalue weighted by molar-refractivity contribution is 6.32. The summed E-state index contributed by atoms with van der Waals surface area (Å²) in [7, 11) is 1.65. The largest absolute Gasteiger partial charge is 0.493 e. The maximum atomic E-state index is 11.2. The number of aliphatic hydroxyl groups is 1. The Morgan fingerprint density at radius 3 is 2.80 bits per heavy atom. The van der Waals surface area contributed by atoms with Gasteiger partial charge in [-0.25, -0.2) is 0 Å². The van der Waals surface area contributed by atoms with Crippen molar-refractivity contribution in [3.05, 3.63) is 71.0 Å². The van der Waals surface area contributed by atoms with Crippen LogP contribution in [0.1, 0.15) is 30.4 Å². The molecule has 2 aromatic carbocycles. The van der Waals surface area contributed by atoms with E-state index in [9.17, 15) is 5.11 Å². The normalized spacial score (nSPS) is 18.4. The highest BCUT2D eigenvalue weighted by atomic mass is 35.5. The molecule has 1 atom stereocenters. The SMILES string of the molecule is COc1ccc(CN2CCC[C@](O)(COc3cc(C)ccc3Cl)C2)cc1OCCCn1cccn1. The van der Waals surface area contributed by atoms with Crippen LogP contribution in [0.2, 0.25) is 5.02 Å². The van der Waals surface area contributed by atoms with E-state index in [4.69, 9.17) is 25.8 Å². The Kier molecular flexibility index (Phi) is 8.55. The molecule has 0 radical (unpaired) electrons. The Hall–Kier alpha value is -2.74. The van der Waals surface area contributed by atoms with Gasteiger partial charge in [0.25, 0.3) is 0 Å². The number of likely N-dealkylation sites (tertiary alicyclic amines) is 1. The zero-order valence-electron chi connectivity index (χ0n) is 20.5. The van der Waals surface area contributed by atoms with Crippen LogP contribution in [-0.2, 0) is 13.1 Å². The number of ether oxygens (including phenoxy) is 3. The zero-order valence-corrected chi connectivity index (χ0v) is 21.2. The van der Waals surface area contributed by atoms with Crippen LogP contribution in [0.5, 0.6) is 17.2 Å². The number of hydrogen-bond acceptors (Lipinski definition) is 6. The molecule has 0 unspecified atom stereocenters. The van der Waals surface area contributed by atoms with E-state index in [2.05, 4.69) is 10.00 Å². The molecule has 8 heteroatoms. The van der Waals surface area contributed by atoms with Gasteiger partial charge in [-0.2, -0.15) is 5.10 Å². The van der Waals surface area contributed by atoms with Crippen molar-refractivity contribution in [2.75, 3.05) is 33.4 Å². The summed E-state index contributed by atoms with van der Waals surface area (Å²) in [4.78, 5) is 2.26. The molecule has 188 valence electrons. The van der Waals surface area contributed by atoms with Gasteiger partial charge in [-0.3, -0.25) is 9.58 Å². The Bertz CT molecular complexity index is 1090. The Balaban J connectivity index is 1.33. The molecule has 1 aliphatic heterocycles. The predicted molar refractivity (Wildman–Crippen MR) is 136 cm³/mol. The molecule has 0 aliphatic carbocycles. The van der Waals surface area contributed by atoms with Gasteiger partial charge in [-0.1, -0.05) is 23.7 Å². The lowest BCUT2D eigenvalue weighted by Crippen LogP contribution is -2.51. The van der Waals surface area contributed by atoms with Crippen LogP contribution in [0.3, 0.4) is 0 Å². The first-order chi connectivity index (χ1) is 16.9. The van der Waals surface area contributed by atoms with Crippen LogP contribution in [0, 0.1) is 6.92 Å². The Morgan fingerprint density at radius 1 is 1.11 bits per heavy atom. The standard InChI is InChI=1S/C27H34ClN3O4/c1-21-6-8-23(28)25(16-21)35-20-27(32)10-3-12-30(19-27)18-22-7-9-24(33-2)26(17-22)34-15-5-14-31-13-4-11-29-31/h4,6-9,11,13,16-17,32H,3,5,10,12,14-15,18-20H2,1-2H3/t27-/m1/s1. The molecule has 0 bridgehead atoms. The molecule has 4 rings (SSSR count). The van der Waals surface area contributed by atoms with Crippen molar-refractivity contribution in [2.45, 2.75) is 44.9 Å². The molecule has 1 aromatic heterocycles. The fourth-order valence-corrected chi connectivity index (χ4v) is 4.60. The number of hydrogen-bond donors (Lipinski definition) is 1. The molecule has 2 heterocycles. The molecule has 3 aromatic rings. The quantitative estimate of drug-likeness (QED) is 0.385. The van der Waals surface area contributed by atoms with E-state index in [1.165, 1.54) is 0 Å². The monoisotopic (exact) mass is 499 g/mol. The Morgan fingerprint density at radius 2 is 2.00 bits per heavy atom. The van der Waals surface area contributed by atoms with Crippen LogP contribution in [0.15, 0.2) is 54.9 Å². The van der Waals surface area contributed by atoms with Gasteiger partial charge in [-0.05, 0) is 67.8 Å². The second-order valence-corrected chi connectivity index (χ2v) is 9.62. The molecular formula is C27H34ClN3O4. The van der Waals surface area contributed by atoms with Crippen molar-refractivity contribution in [1.82, 2.24) is 14.7 Å². The Labute approximate surface area is 212 Å². The van der Waals surface area contributed by atoms with E-state index in [1.54, 1.807) is 13.3 Å². The highest BCUT2D eigenvalue weighted by Gasteiger charge is 2.34. The van der Waals surface area contributed by atoms with Gasteiger partial charge in [0.2, 0.25) is 0 Å². The lowest BCUT2D eigenvalue weighted by molar-refractivity contribution is -0.0621. The van der Waals surface area contributed by atoms with Gasteiger partial charge in [-0.15, -0.1) is 0 Å². The van der Waals surface area contributed by atoms with Crippen molar-refractivity contribution in [3.8, 4) is 17.2 Å². The number of aryl methyl sites for hydroxylation is 2. The second kappa shape index (κ2) is 11.8. The summed E-state index contributed by atoms with van der Waals surface area (Å²) in [6.07, 6.45) is 6.16. The maximum Gasteiger partial charge on any atom is 0.161 e. The molecule has 0 saturated carbocycles. The number of benzene rings is 2. The summed E-state index contributed by atoms with van der Waals surface area (Å²) in [5, 5.41) is 16.0. The predicted octanol–water partition coefficient (Wildman–Crippen LogP) is 4.73. The highest BCUT2D eigenvalue weighted by Crippen LogP contribution is 2.31. The summed E-state index contributed by atoms with van der Waals surface area (Å²) in [6, 6.07) is 13.6. The first-order valence-electron chi connectivity index (χ1n) is 12.0. The van der Waals surface area contributed by atoms with Crippen molar-refractivity contribution in [2.24, 2.45) is 0 Å². The third-order valence-electron chi connectivity index (χ3n) is 6.20. The number of methoxy groups -OCH3 is 1. The molecule has 7 nitrogen and oxygen atoms in total. The summed E-state index contributed by atoms with van der Waals surface area (Å²) in [5.74, 6) is 2.06. The number of rotatable bonds is 11. The number of aromatic nitrogens is 2. The third-order valence-corrected chi connectivity index (χ3v) is 6.51. The first kappa shape index (κ1) is 25.4. The summed E-state index contributed by atoms with van der Waals surface area (Å²) < 4.78 is 19.4. The van der Waals surface area contributed by atoms with Gasteiger partial charge in [0.05, 0.1) is 18.7 Å². The molecule has 1 aliphatic rings. The van der Waals surface area contributed by atoms with E-state index in [0.717, 1.165) is 42.8 Å². The van der Waals surface area contributed by atoms with Gasteiger partial charge in [0, 0.05) is 38.4 Å². The second-order valence-electron chi connectivity index (χ2n) is 9.22. The van der Waals surface area contributed by atoms with E-state index in [0.29, 0.717) is 42.6 Å². The van der Waals surface area contributed by atoms with E-state index >= 15 is 0 Å². The maximum absolute atomic E-state index is 11.2. The lowest BCUT2D eigenvalue weighted by atomic mass is 9.93. The number of piperidine rings is 1. The molecular weight excluding hydrogens is 466 g/mol. The molecule has 35 heavy (non-hydrogen) atoms. The van der Waals surface area contributed by atoms with Gasteiger partial charge in [0.1, 0.15) is 18.0 Å². The van der Waals surface area contributed by atoms with E-state index in [-0.39, 0.29) is 6.61 Å². The minimum absolute atomic E-state index is 0.208. The lowest BCUT2D eigenvalue weighted by Gasteiger charge is -2.39. The van der Waals surface area contributed by atoms with Crippen molar-refractivity contribution in [3.63, 3.8) is 0 Å². The van der Waals surface area contributed by atoms with E-state index in [1.807, 2.05) is 60.3 Å². The van der Waals surface area contributed by atoms with E-state index < -0.39 is 5.60 Å². The molecule has 0 spiro atoms. The topological polar surface area (TPSA) is 69.0 Å². The third kappa shape index (κ3) is 7.13. The first-order valence-corrected chi connectivity index (χ1v) is 12.4. The van der Waals surface area contributed by atoms with Crippen LogP contribution >= 0.6 is 11.6 Å². The van der Waals surface area contributed by atoms with Gasteiger partial charge < -0.3 is 19.3 Å². The summed E-state index contributed by atoms with van der Waals surface area (Å²) >= 11 is 6.26. The van der Waals surface area contributed by atoms with Crippen LogP contribution < -0.4 is 14.2 Å². The van der Waals surface area contributed by atoms with Gasteiger partial charge >= 0.3 is 0 Å². The summed E-state index contributed by atoms with van der Waals surface area (Å²) in [6.45, 7) is 5.73. The van der Waals surface area contributed by atoms with Crippen LogP contribution in [-0.4, -0.2) is 58.8 Å².